The molecule has 0 aliphatic heterocycles. The minimum absolute atomic E-state index is 0.188. The molecule has 0 bridgehead atoms. The highest BCUT2D eigenvalue weighted by atomic mass is 19.1. The molecule has 3 heterocycles. The van der Waals surface area contributed by atoms with Crippen LogP contribution in [0.25, 0.3) is 11.1 Å². The molecule has 1 fully saturated rings. The number of alkyl halides is 1. The molecule has 30 heavy (non-hydrogen) atoms. The quantitative estimate of drug-likeness (QED) is 0.631. The van der Waals surface area contributed by atoms with Gasteiger partial charge in [0.15, 0.2) is 0 Å². The van der Waals surface area contributed by atoms with Crippen LogP contribution in [0, 0.1) is 5.82 Å². The molecule has 3 aromatic rings. The molecule has 4 rings (SSSR count). The van der Waals surface area contributed by atoms with Gasteiger partial charge in [0, 0.05) is 42.3 Å². The Kier molecular flexibility index (Phi) is 5.39. The van der Waals surface area contributed by atoms with Crippen molar-refractivity contribution in [3.8, 4) is 23.0 Å². The molecule has 8 nitrogen and oxygen atoms in total. The van der Waals surface area contributed by atoms with Crippen LogP contribution in [0.3, 0.4) is 0 Å². The molecule has 3 aromatic heterocycles. The van der Waals surface area contributed by atoms with E-state index in [1.54, 1.807) is 18.6 Å². The van der Waals surface area contributed by atoms with Gasteiger partial charge >= 0.3 is 6.01 Å². The second-order valence-corrected chi connectivity index (χ2v) is 7.05. The van der Waals surface area contributed by atoms with Gasteiger partial charge in [0.05, 0.1) is 25.5 Å². The number of anilines is 1. The Morgan fingerprint density at radius 1 is 1.10 bits per heavy atom. The number of halogens is 2. The lowest BCUT2D eigenvalue weighted by atomic mass is 9.65. The smallest absolute Gasteiger partial charge is 0.319 e. The minimum Gasteiger partial charge on any atom is -0.480 e. The lowest BCUT2D eigenvalue weighted by molar-refractivity contribution is 0.0963. The van der Waals surface area contributed by atoms with Gasteiger partial charge in [-0.05, 0) is 25.0 Å². The zero-order valence-corrected chi connectivity index (χ0v) is 16.5. The van der Waals surface area contributed by atoms with Gasteiger partial charge in [0.1, 0.15) is 12.0 Å². The van der Waals surface area contributed by atoms with Gasteiger partial charge in [-0.15, -0.1) is 0 Å². The van der Waals surface area contributed by atoms with Crippen molar-refractivity contribution in [1.82, 2.24) is 24.9 Å². The van der Waals surface area contributed by atoms with E-state index in [2.05, 4.69) is 30.2 Å². The Morgan fingerprint density at radius 2 is 1.87 bits per heavy atom. The third-order valence-electron chi connectivity index (χ3n) is 5.14. The predicted molar refractivity (Wildman–Crippen MR) is 105 cm³/mol. The predicted octanol–water partition coefficient (Wildman–Crippen LogP) is 2.97. The molecule has 1 N–H and O–H groups in total. The molecule has 0 spiro atoms. The minimum atomic E-state index is -0.973. The average molecular weight is 414 g/mol. The van der Waals surface area contributed by atoms with Gasteiger partial charge in [0.2, 0.25) is 11.8 Å². The van der Waals surface area contributed by atoms with Gasteiger partial charge in [-0.2, -0.15) is 4.98 Å². The van der Waals surface area contributed by atoms with Crippen LogP contribution in [0.2, 0.25) is 0 Å². The molecular weight excluding hydrogens is 394 g/mol. The molecule has 10 heteroatoms. The monoisotopic (exact) mass is 414 g/mol. The third kappa shape index (κ3) is 3.72. The van der Waals surface area contributed by atoms with Crippen LogP contribution in [-0.4, -0.2) is 51.9 Å². The normalized spacial score (nSPS) is 20.3. The van der Waals surface area contributed by atoms with Crippen molar-refractivity contribution in [2.24, 2.45) is 0 Å². The number of hydrogen-bond acceptors (Lipinski definition) is 8. The summed E-state index contributed by atoms with van der Waals surface area (Å²) in [5, 5.41) is 3.08. The van der Waals surface area contributed by atoms with Gasteiger partial charge in [-0.25, -0.2) is 23.7 Å². The van der Waals surface area contributed by atoms with Crippen LogP contribution in [0.15, 0.2) is 36.9 Å². The summed E-state index contributed by atoms with van der Waals surface area (Å²) in [6.07, 6.45) is 5.69. The molecule has 0 atom stereocenters. The molecule has 1 aliphatic rings. The van der Waals surface area contributed by atoms with Gasteiger partial charge in [0.25, 0.3) is 0 Å². The third-order valence-corrected chi connectivity index (χ3v) is 5.14. The summed E-state index contributed by atoms with van der Waals surface area (Å²) in [5.41, 5.74) is 0.803. The first-order chi connectivity index (χ1) is 14.5. The Balaban J connectivity index is 1.51. The summed E-state index contributed by atoms with van der Waals surface area (Å²) >= 11 is 0. The SMILES string of the molecule is COc1ncc(-c2cnc(NCC3(c4ncccc4F)CC(F)C3)nc2)c(OC)n1. The van der Waals surface area contributed by atoms with Gasteiger partial charge in [-0.3, -0.25) is 4.98 Å². The van der Waals surface area contributed by atoms with Crippen molar-refractivity contribution in [2.45, 2.75) is 24.4 Å². The summed E-state index contributed by atoms with van der Waals surface area (Å²) in [5.74, 6) is 0.235. The van der Waals surface area contributed by atoms with Crippen molar-refractivity contribution < 1.29 is 18.3 Å². The van der Waals surface area contributed by atoms with Crippen molar-refractivity contribution in [3.05, 3.63) is 48.4 Å². The number of ether oxygens (including phenoxy) is 2. The first-order valence-electron chi connectivity index (χ1n) is 9.31. The largest absolute Gasteiger partial charge is 0.480 e. The zero-order valence-electron chi connectivity index (χ0n) is 16.5. The maximum Gasteiger partial charge on any atom is 0.319 e. The lowest BCUT2D eigenvalue weighted by Crippen LogP contribution is -2.49. The average Bonchev–Trinajstić information content (AvgIpc) is 2.76. The lowest BCUT2D eigenvalue weighted by Gasteiger charge is -2.43. The molecule has 1 aliphatic carbocycles. The molecule has 156 valence electrons. The summed E-state index contributed by atoms with van der Waals surface area (Å²) < 4.78 is 38.2. The molecule has 0 amide bonds. The second kappa shape index (κ2) is 8.13. The molecule has 0 unspecified atom stereocenters. The number of rotatable bonds is 7. The van der Waals surface area contributed by atoms with Crippen LogP contribution < -0.4 is 14.8 Å². The van der Waals surface area contributed by atoms with Crippen molar-refractivity contribution in [2.75, 3.05) is 26.1 Å². The number of hydrogen-bond donors (Lipinski definition) is 1. The second-order valence-electron chi connectivity index (χ2n) is 7.05. The van der Waals surface area contributed by atoms with E-state index in [0.717, 1.165) is 0 Å². The standard InChI is InChI=1S/C20H20F2N6O2/c1-29-17-14(10-26-19(28-17)30-2)12-8-24-18(25-9-12)27-11-20(6-13(21)7-20)16-15(22)4-3-5-23-16/h3-5,8-10,13H,6-7,11H2,1-2H3,(H,24,25,27). The van der Waals surface area contributed by atoms with E-state index in [9.17, 15) is 8.78 Å². The fourth-order valence-corrected chi connectivity index (χ4v) is 3.60. The number of pyridine rings is 1. The van der Waals surface area contributed by atoms with Crippen molar-refractivity contribution in [3.63, 3.8) is 0 Å². The molecular formula is C20H20F2N6O2. The van der Waals surface area contributed by atoms with E-state index in [1.165, 1.54) is 32.5 Å². The summed E-state index contributed by atoms with van der Waals surface area (Å²) in [6.45, 7) is 0.273. The van der Waals surface area contributed by atoms with Crippen LogP contribution in [0.5, 0.6) is 11.9 Å². The summed E-state index contributed by atoms with van der Waals surface area (Å²) in [4.78, 5) is 21.0. The Labute approximate surface area is 171 Å². The topological polar surface area (TPSA) is 94.9 Å². The zero-order chi connectivity index (χ0) is 21.1. The van der Waals surface area contributed by atoms with E-state index in [1.807, 2.05) is 0 Å². The number of nitrogens with zero attached hydrogens (tertiary/aromatic N) is 5. The number of methoxy groups -OCH3 is 2. The molecule has 1 saturated carbocycles. The van der Waals surface area contributed by atoms with Gasteiger partial charge in [-0.1, -0.05) is 0 Å². The molecule has 0 radical (unpaired) electrons. The maximum atomic E-state index is 14.2. The maximum absolute atomic E-state index is 14.2. The molecule has 0 saturated heterocycles. The Morgan fingerprint density at radius 3 is 2.50 bits per heavy atom. The van der Waals surface area contributed by atoms with Crippen molar-refractivity contribution in [1.29, 1.82) is 0 Å². The first kappa shape index (κ1) is 19.9. The Bertz CT molecular complexity index is 1030. The van der Waals surface area contributed by atoms with Crippen LogP contribution >= 0.6 is 0 Å². The Hall–Kier alpha value is -3.43. The van der Waals surface area contributed by atoms with E-state index in [0.29, 0.717) is 23.0 Å². The summed E-state index contributed by atoms with van der Waals surface area (Å²) in [7, 11) is 2.96. The van der Waals surface area contributed by atoms with Crippen molar-refractivity contribution >= 4 is 5.95 Å². The van der Waals surface area contributed by atoms with Gasteiger partial charge < -0.3 is 14.8 Å². The summed E-state index contributed by atoms with van der Waals surface area (Å²) in [6, 6.07) is 3.05. The fraction of sp³-hybridized carbons (Fsp3) is 0.350. The van der Waals surface area contributed by atoms with Crippen LogP contribution in [-0.2, 0) is 5.41 Å². The molecule has 0 aromatic carbocycles. The highest BCUT2D eigenvalue weighted by Gasteiger charge is 2.48. The van der Waals surface area contributed by atoms with E-state index in [4.69, 9.17) is 9.47 Å². The first-order valence-corrected chi connectivity index (χ1v) is 9.31. The highest BCUT2D eigenvalue weighted by Crippen LogP contribution is 2.45. The van der Waals surface area contributed by atoms with E-state index >= 15 is 0 Å². The van der Waals surface area contributed by atoms with Crippen LogP contribution in [0.1, 0.15) is 18.5 Å². The number of aromatic nitrogens is 5. The van der Waals surface area contributed by atoms with E-state index in [-0.39, 0.29) is 31.1 Å². The highest BCUT2D eigenvalue weighted by molar-refractivity contribution is 5.66. The number of nitrogens with one attached hydrogen (secondary N) is 1. The van der Waals surface area contributed by atoms with Crippen LogP contribution in [0.4, 0.5) is 14.7 Å². The van der Waals surface area contributed by atoms with E-state index < -0.39 is 17.4 Å². The fourth-order valence-electron chi connectivity index (χ4n) is 3.60.